The molecular formula is C12H23NO. The largest absolute Gasteiger partial charge is 0.377 e. The Hall–Kier alpha value is -0.0800. The molecule has 2 aliphatic carbocycles. The first-order valence-electron chi connectivity index (χ1n) is 6.13. The molecule has 0 amide bonds. The van der Waals surface area contributed by atoms with Gasteiger partial charge >= 0.3 is 0 Å². The molecule has 2 rings (SSSR count). The molecule has 3 atom stereocenters. The second-order valence-corrected chi connectivity index (χ2v) is 5.23. The van der Waals surface area contributed by atoms with Crippen LogP contribution >= 0.6 is 0 Å². The van der Waals surface area contributed by atoms with Crippen LogP contribution in [0.2, 0.25) is 0 Å². The highest BCUT2D eigenvalue weighted by Crippen LogP contribution is 2.32. The monoisotopic (exact) mass is 197 g/mol. The summed E-state index contributed by atoms with van der Waals surface area (Å²) >= 11 is 0. The lowest BCUT2D eigenvalue weighted by Crippen LogP contribution is -2.32. The zero-order chi connectivity index (χ0) is 9.97. The first kappa shape index (κ1) is 10.4. The molecule has 0 radical (unpaired) electrons. The molecule has 0 aromatic heterocycles. The lowest BCUT2D eigenvalue weighted by Gasteiger charge is -2.27. The molecule has 0 aliphatic heterocycles. The molecule has 2 fully saturated rings. The predicted molar refractivity (Wildman–Crippen MR) is 58.1 cm³/mol. The Morgan fingerprint density at radius 2 is 2.07 bits per heavy atom. The van der Waals surface area contributed by atoms with Crippen LogP contribution in [0.3, 0.4) is 0 Å². The summed E-state index contributed by atoms with van der Waals surface area (Å²) in [5.41, 5.74) is 6.01. The van der Waals surface area contributed by atoms with Crippen LogP contribution in [0, 0.1) is 11.8 Å². The molecule has 2 aliphatic rings. The highest BCUT2D eigenvalue weighted by molar-refractivity contribution is 4.84. The molecule has 0 aromatic carbocycles. The quantitative estimate of drug-likeness (QED) is 0.750. The van der Waals surface area contributed by atoms with Crippen LogP contribution in [0.1, 0.15) is 45.4 Å². The van der Waals surface area contributed by atoms with Gasteiger partial charge in [0, 0.05) is 6.04 Å². The summed E-state index contributed by atoms with van der Waals surface area (Å²) in [6, 6.07) is 0.312. The van der Waals surface area contributed by atoms with Gasteiger partial charge in [0.2, 0.25) is 0 Å². The van der Waals surface area contributed by atoms with Crippen molar-refractivity contribution in [3.8, 4) is 0 Å². The van der Waals surface area contributed by atoms with Crippen molar-refractivity contribution in [2.24, 2.45) is 17.6 Å². The maximum Gasteiger partial charge on any atom is 0.0623 e. The van der Waals surface area contributed by atoms with E-state index < -0.39 is 0 Å². The number of hydrogen-bond acceptors (Lipinski definition) is 2. The molecule has 2 saturated carbocycles. The van der Waals surface area contributed by atoms with Crippen molar-refractivity contribution in [1.29, 1.82) is 0 Å². The van der Waals surface area contributed by atoms with Gasteiger partial charge in [0.1, 0.15) is 0 Å². The number of nitrogens with two attached hydrogens (primary N) is 1. The van der Waals surface area contributed by atoms with Crippen molar-refractivity contribution < 1.29 is 4.74 Å². The molecule has 2 nitrogen and oxygen atoms in total. The lowest BCUT2D eigenvalue weighted by atomic mass is 9.89. The summed E-state index contributed by atoms with van der Waals surface area (Å²) in [6.07, 6.45) is 8.37. The maximum atomic E-state index is 6.01. The third kappa shape index (κ3) is 2.96. The smallest absolute Gasteiger partial charge is 0.0623 e. The molecule has 0 bridgehead atoms. The van der Waals surface area contributed by atoms with Crippen LogP contribution in [0.5, 0.6) is 0 Å². The molecule has 0 saturated heterocycles. The zero-order valence-electron chi connectivity index (χ0n) is 9.24. The van der Waals surface area contributed by atoms with Crippen LogP contribution in [0.15, 0.2) is 0 Å². The molecule has 0 aromatic rings. The number of rotatable bonds is 4. The topological polar surface area (TPSA) is 35.2 Å². The van der Waals surface area contributed by atoms with Crippen molar-refractivity contribution >= 4 is 0 Å². The van der Waals surface area contributed by atoms with Gasteiger partial charge in [-0.05, 0) is 37.5 Å². The molecule has 0 spiro atoms. The normalized spacial score (nSPS) is 35.6. The van der Waals surface area contributed by atoms with Crippen LogP contribution in [-0.2, 0) is 4.74 Å². The highest BCUT2D eigenvalue weighted by atomic mass is 16.5. The fourth-order valence-electron chi connectivity index (χ4n) is 2.44. The Morgan fingerprint density at radius 3 is 2.71 bits per heavy atom. The molecule has 3 unspecified atom stereocenters. The van der Waals surface area contributed by atoms with E-state index in [0.717, 1.165) is 18.4 Å². The van der Waals surface area contributed by atoms with E-state index in [9.17, 15) is 0 Å². The molecular weight excluding hydrogens is 174 g/mol. The lowest BCUT2D eigenvalue weighted by molar-refractivity contribution is 0.00645. The van der Waals surface area contributed by atoms with E-state index in [1.165, 1.54) is 38.5 Å². The first-order valence-corrected chi connectivity index (χ1v) is 6.13. The second kappa shape index (κ2) is 4.63. The van der Waals surface area contributed by atoms with Crippen LogP contribution in [-0.4, -0.2) is 18.8 Å². The predicted octanol–water partition coefficient (Wildman–Crippen LogP) is 2.32. The average Bonchev–Trinajstić information content (AvgIpc) is 2.97. The van der Waals surface area contributed by atoms with E-state index >= 15 is 0 Å². The van der Waals surface area contributed by atoms with Crippen LogP contribution < -0.4 is 5.73 Å². The molecule has 2 heteroatoms. The third-order valence-corrected chi connectivity index (χ3v) is 3.64. The first-order chi connectivity index (χ1) is 6.75. The fraction of sp³-hybridized carbons (Fsp3) is 1.00. The molecule has 0 heterocycles. The van der Waals surface area contributed by atoms with E-state index in [0.29, 0.717) is 12.1 Å². The third-order valence-electron chi connectivity index (χ3n) is 3.64. The second-order valence-electron chi connectivity index (χ2n) is 5.23. The van der Waals surface area contributed by atoms with Crippen molar-refractivity contribution in [2.75, 3.05) is 6.61 Å². The van der Waals surface area contributed by atoms with Gasteiger partial charge < -0.3 is 10.5 Å². The Bertz CT molecular complexity index is 179. The standard InChI is InChI=1S/C12H23NO/c1-9-3-2-4-11(7-9)14-8-12(13)10-5-6-10/h9-12H,2-8,13H2,1H3. The number of hydrogen-bond donors (Lipinski definition) is 1. The minimum atomic E-state index is 0.312. The van der Waals surface area contributed by atoms with Gasteiger partial charge in [-0.2, -0.15) is 0 Å². The SMILES string of the molecule is CC1CCCC(OCC(N)C2CC2)C1. The Labute approximate surface area is 87.2 Å². The molecule has 14 heavy (non-hydrogen) atoms. The zero-order valence-corrected chi connectivity index (χ0v) is 9.24. The summed E-state index contributed by atoms with van der Waals surface area (Å²) in [4.78, 5) is 0. The van der Waals surface area contributed by atoms with Crippen molar-refractivity contribution in [2.45, 2.75) is 57.6 Å². The van der Waals surface area contributed by atoms with E-state index in [4.69, 9.17) is 10.5 Å². The van der Waals surface area contributed by atoms with E-state index in [2.05, 4.69) is 6.92 Å². The van der Waals surface area contributed by atoms with Gasteiger partial charge in [0.15, 0.2) is 0 Å². The van der Waals surface area contributed by atoms with Gasteiger partial charge in [0.05, 0.1) is 12.7 Å². The van der Waals surface area contributed by atoms with Gasteiger partial charge in [-0.3, -0.25) is 0 Å². The summed E-state index contributed by atoms with van der Waals surface area (Å²) in [6.45, 7) is 3.12. The minimum absolute atomic E-state index is 0.312. The summed E-state index contributed by atoms with van der Waals surface area (Å²) in [5.74, 6) is 1.63. The maximum absolute atomic E-state index is 6.01. The summed E-state index contributed by atoms with van der Waals surface area (Å²) < 4.78 is 5.89. The molecule has 82 valence electrons. The van der Waals surface area contributed by atoms with Crippen LogP contribution in [0.25, 0.3) is 0 Å². The van der Waals surface area contributed by atoms with Gasteiger partial charge in [-0.1, -0.05) is 19.8 Å². The highest BCUT2D eigenvalue weighted by Gasteiger charge is 2.29. The van der Waals surface area contributed by atoms with Crippen molar-refractivity contribution in [3.05, 3.63) is 0 Å². The fourth-order valence-corrected chi connectivity index (χ4v) is 2.44. The summed E-state index contributed by atoms with van der Waals surface area (Å²) in [5, 5.41) is 0. The Morgan fingerprint density at radius 1 is 1.29 bits per heavy atom. The van der Waals surface area contributed by atoms with Gasteiger partial charge in [-0.25, -0.2) is 0 Å². The van der Waals surface area contributed by atoms with E-state index in [-0.39, 0.29) is 0 Å². The van der Waals surface area contributed by atoms with Crippen molar-refractivity contribution in [1.82, 2.24) is 0 Å². The Kier molecular flexibility index (Phi) is 3.45. The van der Waals surface area contributed by atoms with Crippen LogP contribution in [0.4, 0.5) is 0 Å². The van der Waals surface area contributed by atoms with Crippen molar-refractivity contribution in [3.63, 3.8) is 0 Å². The Balaban J connectivity index is 1.63. The van der Waals surface area contributed by atoms with Gasteiger partial charge in [-0.15, -0.1) is 0 Å². The average molecular weight is 197 g/mol. The summed E-state index contributed by atoms with van der Waals surface area (Å²) in [7, 11) is 0. The number of ether oxygens (including phenoxy) is 1. The minimum Gasteiger partial charge on any atom is -0.377 e. The van der Waals surface area contributed by atoms with E-state index in [1.807, 2.05) is 0 Å². The van der Waals surface area contributed by atoms with Gasteiger partial charge in [0.25, 0.3) is 0 Å². The molecule has 2 N–H and O–H groups in total. The van der Waals surface area contributed by atoms with E-state index in [1.54, 1.807) is 0 Å².